The number of hydrogen-bond acceptors (Lipinski definition) is 3. The first-order chi connectivity index (χ1) is 20.1. The molecule has 41 heavy (non-hydrogen) atoms. The van der Waals surface area contributed by atoms with Crippen molar-refractivity contribution >= 4 is 0 Å². The van der Waals surface area contributed by atoms with Gasteiger partial charge in [0, 0.05) is 37.3 Å². The normalized spacial score (nSPS) is 11.2. The second-order valence-corrected chi connectivity index (χ2v) is 10.2. The van der Waals surface area contributed by atoms with Crippen LogP contribution in [0.25, 0.3) is 22.6 Å². The van der Waals surface area contributed by atoms with E-state index in [2.05, 4.69) is 40.7 Å². The van der Waals surface area contributed by atoms with E-state index in [1.807, 2.05) is 60.7 Å². The summed E-state index contributed by atoms with van der Waals surface area (Å²) < 4.78 is 35.7. The molecular weight excluding hydrogens is 516 g/mol. The van der Waals surface area contributed by atoms with E-state index < -0.39 is 11.6 Å². The molecule has 0 saturated heterocycles. The molecule has 210 valence electrons. The first-order valence-corrected chi connectivity index (χ1v) is 14.0. The van der Waals surface area contributed by atoms with Crippen LogP contribution in [0.3, 0.4) is 0 Å². The van der Waals surface area contributed by atoms with Gasteiger partial charge >= 0.3 is 0 Å². The topological polar surface area (TPSA) is 30.3 Å². The maximum Gasteiger partial charge on any atom is 0.159 e. The van der Waals surface area contributed by atoms with Gasteiger partial charge in [0.05, 0.1) is 18.5 Å². The monoisotopic (exact) mass is 551 g/mol. The summed E-state index contributed by atoms with van der Waals surface area (Å²) in [6.07, 6.45) is 2.07. The summed E-state index contributed by atoms with van der Waals surface area (Å²) in [5.41, 5.74) is 5.95. The van der Waals surface area contributed by atoms with Gasteiger partial charge in [0.25, 0.3) is 0 Å². The molecule has 0 aliphatic rings. The van der Waals surface area contributed by atoms with Gasteiger partial charge < -0.3 is 9.30 Å². The molecule has 6 heteroatoms. The first-order valence-electron chi connectivity index (χ1n) is 14.0. The van der Waals surface area contributed by atoms with Crippen molar-refractivity contribution in [3.8, 4) is 28.4 Å². The Balaban J connectivity index is 1.60. The van der Waals surface area contributed by atoms with Crippen LogP contribution in [0.4, 0.5) is 8.78 Å². The number of rotatable bonds is 12. The highest BCUT2D eigenvalue weighted by Gasteiger charge is 2.22. The van der Waals surface area contributed by atoms with E-state index in [0.29, 0.717) is 25.2 Å². The summed E-state index contributed by atoms with van der Waals surface area (Å²) in [5.74, 6) is 0.0470. The molecule has 0 N–H and O–H groups in total. The number of aromatic nitrogens is 2. The minimum atomic E-state index is -0.841. The van der Waals surface area contributed by atoms with Crippen LogP contribution in [0.1, 0.15) is 36.6 Å². The van der Waals surface area contributed by atoms with Gasteiger partial charge in [-0.05, 0) is 41.8 Å². The van der Waals surface area contributed by atoms with Crippen LogP contribution in [0.2, 0.25) is 0 Å². The van der Waals surface area contributed by atoms with Crippen molar-refractivity contribution in [1.82, 2.24) is 14.5 Å². The molecule has 4 aromatic carbocycles. The molecule has 0 aliphatic heterocycles. The lowest BCUT2D eigenvalue weighted by atomic mass is 10.1. The summed E-state index contributed by atoms with van der Waals surface area (Å²) in [6.45, 7) is 4.64. The van der Waals surface area contributed by atoms with E-state index in [1.165, 1.54) is 12.1 Å². The van der Waals surface area contributed by atoms with Crippen LogP contribution in [-0.4, -0.2) is 21.6 Å². The van der Waals surface area contributed by atoms with Gasteiger partial charge in [0.1, 0.15) is 11.6 Å². The molecule has 0 spiro atoms. The van der Waals surface area contributed by atoms with Gasteiger partial charge in [-0.15, -0.1) is 0 Å². The van der Waals surface area contributed by atoms with Crippen LogP contribution in [0, 0.1) is 11.6 Å². The number of ether oxygens (including phenoxy) is 1. The number of nitrogens with zero attached hydrogens (tertiary/aromatic N) is 3. The van der Waals surface area contributed by atoms with Gasteiger partial charge in [-0.2, -0.15) is 0 Å². The molecule has 0 amide bonds. The standard InChI is InChI=1S/C35H35F2N3O/c1-3-4-21-40-33(34(28-11-7-5-8-12-28)38-35(40)29-13-9-6-10-14-29)25-39(23-26-15-18-30(41-2)19-16-26)24-27-17-20-31(36)32(37)22-27/h5-20,22H,3-4,21,23-25H2,1-2H3. The van der Waals surface area contributed by atoms with E-state index in [0.717, 1.165) is 59.0 Å². The third kappa shape index (κ3) is 6.90. The largest absolute Gasteiger partial charge is 0.497 e. The Morgan fingerprint density at radius 1 is 0.732 bits per heavy atom. The number of hydrogen-bond donors (Lipinski definition) is 0. The van der Waals surface area contributed by atoms with Crippen LogP contribution in [0.15, 0.2) is 103 Å². The predicted molar refractivity (Wildman–Crippen MR) is 160 cm³/mol. The van der Waals surface area contributed by atoms with E-state index in [-0.39, 0.29) is 0 Å². The molecule has 5 aromatic rings. The quantitative estimate of drug-likeness (QED) is 0.156. The van der Waals surface area contributed by atoms with Crippen LogP contribution in [-0.2, 0) is 26.2 Å². The average Bonchev–Trinajstić information content (AvgIpc) is 3.36. The fourth-order valence-corrected chi connectivity index (χ4v) is 5.10. The number of methoxy groups -OCH3 is 1. The molecule has 1 heterocycles. The maximum atomic E-state index is 14.2. The Labute approximate surface area is 240 Å². The van der Waals surface area contributed by atoms with Crippen molar-refractivity contribution < 1.29 is 13.5 Å². The SMILES string of the molecule is CCCCn1c(-c2ccccc2)nc(-c2ccccc2)c1CN(Cc1ccc(OC)cc1)Cc1ccc(F)c(F)c1. The van der Waals surface area contributed by atoms with Crippen molar-refractivity contribution in [2.24, 2.45) is 0 Å². The minimum absolute atomic E-state index is 0.442. The minimum Gasteiger partial charge on any atom is -0.497 e. The van der Waals surface area contributed by atoms with Gasteiger partial charge in [0.2, 0.25) is 0 Å². The smallest absolute Gasteiger partial charge is 0.159 e. The number of imidazole rings is 1. The summed E-state index contributed by atoms with van der Waals surface area (Å²) >= 11 is 0. The summed E-state index contributed by atoms with van der Waals surface area (Å²) in [7, 11) is 1.65. The third-order valence-electron chi connectivity index (χ3n) is 7.22. The lowest BCUT2D eigenvalue weighted by Crippen LogP contribution is -2.24. The highest BCUT2D eigenvalue weighted by atomic mass is 19.2. The molecule has 0 fully saturated rings. The highest BCUT2D eigenvalue weighted by Crippen LogP contribution is 2.32. The first kappa shape index (κ1) is 28.2. The molecule has 0 aliphatic carbocycles. The molecular formula is C35H35F2N3O. The van der Waals surface area contributed by atoms with Gasteiger partial charge in [0.15, 0.2) is 11.6 Å². The Morgan fingerprint density at radius 3 is 2.00 bits per heavy atom. The van der Waals surface area contributed by atoms with Crippen molar-refractivity contribution in [3.63, 3.8) is 0 Å². The van der Waals surface area contributed by atoms with E-state index in [9.17, 15) is 8.78 Å². The molecule has 0 bridgehead atoms. The van der Waals surface area contributed by atoms with Gasteiger partial charge in [-0.25, -0.2) is 13.8 Å². The second kappa shape index (κ2) is 13.4. The Kier molecular flexibility index (Phi) is 9.22. The zero-order chi connectivity index (χ0) is 28.6. The highest BCUT2D eigenvalue weighted by molar-refractivity contribution is 5.68. The molecule has 1 aromatic heterocycles. The lowest BCUT2D eigenvalue weighted by molar-refractivity contribution is 0.240. The van der Waals surface area contributed by atoms with Crippen molar-refractivity contribution in [2.45, 2.75) is 45.9 Å². The van der Waals surface area contributed by atoms with Crippen LogP contribution in [0.5, 0.6) is 5.75 Å². The zero-order valence-electron chi connectivity index (χ0n) is 23.6. The average molecular weight is 552 g/mol. The fourth-order valence-electron chi connectivity index (χ4n) is 5.10. The molecule has 4 nitrogen and oxygen atoms in total. The summed E-state index contributed by atoms with van der Waals surface area (Å²) in [4.78, 5) is 7.49. The zero-order valence-corrected chi connectivity index (χ0v) is 23.6. The molecule has 5 rings (SSSR count). The number of unbranched alkanes of at least 4 members (excludes halogenated alkanes) is 1. The summed E-state index contributed by atoms with van der Waals surface area (Å²) in [5, 5.41) is 0. The van der Waals surface area contributed by atoms with E-state index in [1.54, 1.807) is 13.2 Å². The maximum absolute atomic E-state index is 14.2. The van der Waals surface area contributed by atoms with E-state index in [4.69, 9.17) is 9.72 Å². The van der Waals surface area contributed by atoms with Gasteiger partial charge in [-0.1, -0.05) is 92.2 Å². The predicted octanol–water partition coefficient (Wildman–Crippen LogP) is 8.51. The third-order valence-corrected chi connectivity index (χ3v) is 7.22. The van der Waals surface area contributed by atoms with Crippen molar-refractivity contribution in [1.29, 1.82) is 0 Å². The molecule has 0 saturated carbocycles. The van der Waals surface area contributed by atoms with Crippen LogP contribution >= 0.6 is 0 Å². The van der Waals surface area contributed by atoms with Crippen molar-refractivity contribution in [2.75, 3.05) is 7.11 Å². The van der Waals surface area contributed by atoms with Crippen LogP contribution < -0.4 is 4.74 Å². The Bertz CT molecular complexity index is 1550. The van der Waals surface area contributed by atoms with E-state index >= 15 is 0 Å². The fraction of sp³-hybridized carbons (Fsp3) is 0.229. The molecule has 0 atom stereocenters. The summed E-state index contributed by atoms with van der Waals surface area (Å²) in [6, 6.07) is 32.6. The second-order valence-electron chi connectivity index (χ2n) is 10.2. The van der Waals surface area contributed by atoms with Crippen molar-refractivity contribution in [3.05, 3.63) is 132 Å². The van der Waals surface area contributed by atoms with Gasteiger partial charge in [-0.3, -0.25) is 4.90 Å². The number of benzene rings is 4. The Hall–Kier alpha value is -4.29. The lowest BCUT2D eigenvalue weighted by Gasteiger charge is -2.25. The molecule has 0 radical (unpaired) electrons. The Morgan fingerprint density at radius 2 is 1.37 bits per heavy atom. The molecule has 0 unspecified atom stereocenters. The number of halogens is 2.